The van der Waals surface area contributed by atoms with Gasteiger partial charge in [-0.05, 0) is 44.2 Å². The van der Waals surface area contributed by atoms with Crippen LogP contribution in [0, 0.1) is 0 Å². The standard InChI is InChI=1S/C19H27N3O3/c1-14(2)22(3)13-16-8-5-4-7-15(16)11-20-19(24)21-12-17(23)18-9-6-10-25-18/h4-10,14,17,23H,11-13H2,1-3H3,(H2,20,21,24). The molecule has 1 aromatic carbocycles. The molecule has 2 rings (SSSR count). The molecule has 2 amide bonds. The third kappa shape index (κ3) is 5.92. The molecular weight excluding hydrogens is 318 g/mol. The van der Waals surface area contributed by atoms with Crippen molar-refractivity contribution in [3.05, 3.63) is 59.5 Å². The van der Waals surface area contributed by atoms with Gasteiger partial charge in [0.05, 0.1) is 12.8 Å². The molecule has 136 valence electrons. The van der Waals surface area contributed by atoms with Crippen LogP contribution in [0.5, 0.6) is 0 Å². The van der Waals surface area contributed by atoms with Crippen LogP contribution in [0.1, 0.15) is 36.8 Å². The number of hydrogen-bond donors (Lipinski definition) is 3. The maximum atomic E-state index is 12.0. The molecule has 1 unspecified atom stereocenters. The zero-order valence-electron chi connectivity index (χ0n) is 15.0. The fourth-order valence-corrected chi connectivity index (χ4v) is 2.34. The molecule has 6 nitrogen and oxygen atoms in total. The minimum Gasteiger partial charge on any atom is -0.467 e. The molecule has 25 heavy (non-hydrogen) atoms. The van der Waals surface area contributed by atoms with Gasteiger partial charge < -0.3 is 20.2 Å². The van der Waals surface area contributed by atoms with Crippen molar-refractivity contribution in [3.8, 4) is 0 Å². The summed E-state index contributed by atoms with van der Waals surface area (Å²) in [6.45, 7) is 5.66. The van der Waals surface area contributed by atoms with Crippen LogP contribution in [0.25, 0.3) is 0 Å². The highest BCUT2D eigenvalue weighted by Gasteiger charge is 2.12. The van der Waals surface area contributed by atoms with Crippen molar-refractivity contribution < 1.29 is 14.3 Å². The monoisotopic (exact) mass is 345 g/mol. The number of rotatable bonds is 8. The van der Waals surface area contributed by atoms with E-state index in [4.69, 9.17) is 4.42 Å². The van der Waals surface area contributed by atoms with Crippen LogP contribution in [0.2, 0.25) is 0 Å². The number of aliphatic hydroxyl groups is 1. The Morgan fingerprint density at radius 1 is 1.16 bits per heavy atom. The molecule has 2 aromatic rings. The number of amides is 2. The van der Waals surface area contributed by atoms with E-state index in [1.807, 2.05) is 18.2 Å². The van der Waals surface area contributed by atoms with Crippen molar-refractivity contribution in [2.75, 3.05) is 13.6 Å². The second-order valence-electron chi connectivity index (χ2n) is 6.37. The van der Waals surface area contributed by atoms with Crippen molar-refractivity contribution in [2.45, 2.75) is 39.1 Å². The molecule has 1 heterocycles. The van der Waals surface area contributed by atoms with Gasteiger partial charge in [0.25, 0.3) is 0 Å². The molecule has 0 spiro atoms. The number of benzene rings is 1. The van der Waals surface area contributed by atoms with Gasteiger partial charge in [-0.3, -0.25) is 4.90 Å². The highest BCUT2D eigenvalue weighted by atomic mass is 16.4. The van der Waals surface area contributed by atoms with Crippen LogP contribution in [0.15, 0.2) is 47.1 Å². The molecule has 1 aromatic heterocycles. The lowest BCUT2D eigenvalue weighted by Gasteiger charge is -2.22. The number of urea groups is 1. The summed E-state index contributed by atoms with van der Waals surface area (Å²) in [6.07, 6.45) is 0.636. The highest BCUT2D eigenvalue weighted by Crippen LogP contribution is 2.13. The van der Waals surface area contributed by atoms with Crippen molar-refractivity contribution in [2.24, 2.45) is 0 Å². The fraction of sp³-hybridized carbons (Fsp3) is 0.421. The first kappa shape index (κ1) is 19.0. The quantitative estimate of drug-likeness (QED) is 0.687. The minimum absolute atomic E-state index is 0.0943. The van der Waals surface area contributed by atoms with Gasteiger partial charge in [0.1, 0.15) is 11.9 Å². The molecule has 0 bridgehead atoms. The van der Waals surface area contributed by atoms with E-state index in [1.54, 1.807) is 12.1 Å². The summed E-state index contributed by atoms with van der Waals surface area (Å²) in [5.41, 5.74) is 2.27. The smallest absolute Gasteiger partial charge is 0.315 e. The summed E-state index contributed by atoms with van der Waals surface area (Å²) in [5.74, 6) is 0.433. The predicted octanol–water partition coefficient (Wildman–Crippen LogP) is 2.65. The molecule has 0 radical (unpaired) electrons. The van der Waals surface area contributed by atoms with Crippen LogP contribution in [-0.4, -0.2) is 35.7 Å². The predicted molar refractivity (Wildman–Crippen MR) is 97.0 cm³/mol. The SMILES string of the molecule is CC(C)N(C)Cc1ccccc1CNC(=O)NCC(O)c1ccco1. The number of nitrogens with zero attached hydrogens (tertiary/aromatic N) is 1. The Kier molecular flexibility index (Phi) is 7.03. The van der Waals surface area contributed by atoms with Gasteiger partial charge >= 0.3 is 6.03 Å². The summed E-state index contributed by atoms with van der Waals surface area (Å²) >= 11 is 0. The lowest BCUT2D eigenvalue weighted by molar-refractivity contribution is 0.148. The van der Waals surface area contributed by atoms with E-state index in [1.165, 1.54) is 11.8 Å². The largest absolute Gasteiger partial charge is 0.467 e. The second-order valence-corrected chi connectivity index (χ2v) is 6.37. The van der Waals surface area contributed by atoms with Gasteiger partial charge in [-0.2, -0.15) is 0 Å². The fourth-order valence-electron chi connectivity index (χ4n) is 2.34. The topological polar surface area (TPSA) is 77.7 Å². The van der Waals surface area contributed by atoms with Gasteiger partial charge in [0.2, 0.25) is 0 Å². The van der Waals surface area contributed by atoms with Crippen molar-refractivity contribution >= 4 is 6.03 Å². The molecule has 0 aliphatic heterocycles. The van der Waals surface area contributed by atoms with E-state index in [9.17, 15) is 9.90 Å². The molecule has 1 atom stereocenters. The van der Waals surface area contributed by atoms with Gasteiger partial charge in [-0.15, -0.1) is 0 Å². The molecule has 0 saturated carbocycles. The minimum atomic E-state index is -0.854. The molecule has 0 aliphatic carbocycles. The third-order valence-corrected chi connectivity index (χ3v) is 4.19. The lowest BCUT2D eigenvalue weighted by Crippen LogP contribution is -2.37. The van der Waals surface area contributed by atoms with Crippen molar-refractivity contribution in [1.29, 1.82) is 0 Å². The van der Waals surface area contributed by atoms with E-state index in [0.29, 0.717) is 18.3 Å². The molecule has 0 saturated heterocycles. The van der Waals surface area contributed by atoms with Crippen LogP contribution < -0.4 is 10.6 Å². The first-order chi connectivity index (χ1) is 12.0. The van der Waals surface area contributed by atoms with Crippen molar-refractivity contribution in [3.63, 3.8) is 0 Å². The van der Waals surface area contributed by atoms with E-state index < -0.39 is 6.10 Å². The second kappa shape index (κ2) is 9.25. The number of nitrogens with one attached hydrogen (secondary N) is 2. The van der Waals surface area contributed by atoms with Gasteiger partial charge in [-0.25, -0.2) is 4.79 Å². The normalized spacial score (nSPS) is 12.4. The van der Waals surface area contributed by atoms with Crippen LogP contribution in [0.4, 0.5) is 4.79 Å². The Labute approximate surface area is 148 Å². The van der Waals surface area contributed by atoms with E-state index in [2.05, 4.69) is 42.5 Å². The zero-order chi connectivity index (χ0) is 18.2. The molecule has 0 aliphatic rings. The summed E-state index contributed by atoms with van der Waals surface area (Å²) in [4.78, 5) is 14.2. The van der Waals surface area contributed by atoms with E-state index >= 15 is 0 Å². The summed E-state index contributed by atoms with van der Waals surface area (Å²) in [7, 11) is 2.08. The summed E-state index contributed by atoms with van der Waals surface area (Å²) in [5, 5.41) is 15.4. The Morgan fingerprint density at radius 2 is 1.88 bits per heavy atom. The molecule has 6 heteroatoms. The number of furan rings is 1. The average molecular weight is 345 g/mol. The number of carbonyl (C=O) groups is 1. The maximum absolute atomic E-state index is 12.0. The van der Waals surface area contributed by atoms with E-state index in [-0.39, 0.29) is 12.6 Å². The Bertz CT molecular complexity index is 656. The van der Waals surface area contributed by atoms with Crippen LogP contribution in [-0.2, 0) is 13.1 Å². The third-order valence-electron chi connectivity index (χ3n) is 4.19. The first-order valence-corrected chi connectivity index (χ1v) is 8.47. The van der Waals surface area contributed by atoms with Crippen molar-refractivity contribution in [1.82, 2.24) is 15.5 Å². The molecule has 3 N–H and O–H groups in total. The number of aliphatic hydroxyl groups excluding tert-OH is 1. The lowest BCUT2D eigenvalue weighted by atomic mass is 10.1. The average Bonchev–Trinajstić information content (AvgIpc) is 3.13. The Hall–Kier alpha value is -2.31. The van der Waals surface area contributed by atoms with Crippen LogP contribution in [0.3, 0.4) is 0 Å². The number of carbonyl (C=O) groups excluding carboxylic acids is 1. The van der Waals surface area contributed by atoms with E-state index in [0.717, 1.165) is 12.1 Å². The molecular formula is C19H27N3O3. The Balaban J connectivity index is 1.83. The van der Waals surface area contributed by atoms with Crippen LogP contribution >= 0.6 is 0 Å². The first-order valence-electron chi connectivity index (χ1n) is 8.47. The highest BCUT2D eigenvalue weighted by molar-refractivity contribution is 5.73. The van der Waals surface area contributed by atoms with Gasteiger partial charge in [-0.1, -0.05) is 24.3 Å². The Morgan fingerprint density at radius 3 is 2.52 bits per heavy atom. The number of hydrogen-bond acceptors (Lipinski definition) is 4. The summed E-state index contributed by atoms with van der Waals surface area (Å²) < 4.78 is 5.10. The summed E-state index contributed by atoms with van der Waals surface area (Å²) in [6, 6.07) is 11.6. The van der Waals surface area contributed by atoms with Gasteiger partial charge in [0, 0.05) is 19.1 Å². The maximum Gasteiger partial charge on any atom is 0.315 e. The zero-order valence-corrected chi connectivity index (χ0v) is 15.0. The molecule has 0 fully saturated rings. The van der Waals surface area contributed by atoms with Gasteiger partial charge in [0.15, 0.2) is 0 Å².